The summed E-state index contributed by atoms with van der Waals surface area (Å²) in [4.78, 5) is 29.0. The molecule has 0 radical (unpaired) electrons. The van der Waals surface area contributed by atoms with Crippen molar-refractivity contribution in [3.05, 3.63) is 64.3 Å². The van der Waals surface area contributed by atoms with Gasteiger partial charge >= 0.3 is 5.69 Å². The molecular weight excluding hydrogens is 376 g/mol. The van der Waals surface area contributed by atoms with Crippen LogP contribution in [0.15, 0.2) is 52.4 Å². The Balaban J connectivity index is 1.47. The Hall–Kier alpha value is -3.33. The van der Waals surface area contributed by atoms with Crippen molar-refractivity contribution in [1.29, 1.82) is 0 Å². The van der Waals surface area contributed by atoms with Gasteiger partial charge in [-0.25, -0.2) is 4.79 Å². The molecule has 8 nitrogen and oxygen atoms in total. The first-order chi connectivity index (χ1) is 13.5. The van der Waals surface area contributed by atoms with Crippen LogP contribution < -0.4 is 11.0 Å². The number of carbonyl (C=O) groups is 1. The topological polar surface area (TPSA) is 108 Å². The molecule has 0 atom stereocenters. The van der Waals surface area contributed by atoms with Crippen LogP contribution in [0.3, 0.4) is 0 Å². The number of imidazole rings is 1. The molecule has 4 aromatic rings. The molecule has 142 valence electrons. The van der Waals surface area contributed by atoms with Gasteiger partial charge in [0.15, 0.2) is 5.16 Å². The monoisotopic (exact) mass is 394 g/mol. The predicted octanol–water partition coefficient (Wildman–Crippen LogP) is 2.78. The Labute approximate surface area is 164 Å². The number of benzene rings is 2. The lowest BCUT2D eigenvalue weighted by atomic mass is 10.2. The van der Waals surface area contributed by atoms with Gasteiger partial charge in [-0.15, -0.1) is 10.2 Å². The maximum Gasteiger partial charge on any atom is 0.323 e. The third kappa shape index (κ3) is 3.70. The molecular formula is C19H18N6O2S. The summed E-state index contributed by atoms with van der Waals surface area (Å²) in [6.07, 6.45) is 0. The number of nitrogens with zero attached hydrogens (tertiary/aromatic N) is 3. The number of nitrogens with one attached hydrogen (secondary N) is 3. The number of H-pyrrole nitrogens is 2. The maximum atomic E-state index is 12.4. The average Bonchev–Trinajstić information content (AvgIpc) is 3.21. The average molecular weight is 394 g/mol. The lowest BCUT2D eigenvalue weighted by Gasteiger charge is -2.09. The number of fused-ring (bicyclic) bond motifs is 1. The molecule has 9 heteroatoms. The van der Waals surface area contributed by atoms with Gasteiger partial charge in [-0.1, -0.05) is 23.9 Å². The summed E-state index contributed by atoms with van der Waals surface area (Å²) in [6.45, 7) is 3.91. The van der Waals surface area contributed by atoms with E-state index in [4.69, 9.17) is 0 Å². The molecule has 2 heterocycles. The number of thioether (sulfide) groups is 1. The first-order valence-corrected chi connectivity index (χ1v) is 9.62. The highest BCUT2D eigenvalue weighted by Gasteiger charge is 2.14. The van der Waals surface area contributed by atoms with Crippen LogP contribution in [0.1, 0.15) is 11.4 Å². The molecule has 0 unspecified atom stereocenters. The molecule has 28 heavy (non-hydrogen) atoms. The quantitative estimate of drug-likeness (QED) is 0.451. The molecule has 1 amide bonds. The summed E-state index contributed by atoms with van der Waals surface area (Å²) in [6, 6.07) is 13.2. The molecule has 4 rings (SSSR count). The van der Waals surface area contributed by atoms with Crippen molar-refractivity contribution in [1.82, 2.24) is 24.7 Å². The van der Waals surface area contributed by atoms with Gasteiger partial charge in [-0.3, -0.25) is 9.36 Å². The van der Waals surface area contributed by atoms with Gasteiger partial charge < -0.3 is 15.3 Å². The van der Waals surface area contributed by atoms with Crippen LogP contribution in [-0.4, -0.2) is 36.4 Å². The molecule has 0 aliphatic rings. The number of aryl methyl sites for hydroxylation is 2. The van der Waals surface area contributed by atoms with Crippen molar-refractivity contribution in [2.75, 3.05) is 11.1 Å². The van der Waals surface area contributed by atoms with Gasteiger partial charge in [-0.05, 0) is 49.7 Å². The Morgan fingerprint density at radius 3 is 2.75 bits per heavy atom. The molecule has 3 N–H and O–H groups in total. The van der Waals surface area contributed by atoms with E-state index in [0.717, 1.165) is 17.1 Å². The fourth-order valence-corrected chi connectivity index (χ4v) is 3.74. The lowest BCUT2D eigenvalue weighted by molar-refractivity contribution is -0.113. The third-order valence-corrected chi connectivity index (χ3v) is 5.12. The fraction of sp³-hybridized carbons (Fsp3) is 0.158. The van der Waals surface area contributed by atoms with Gasteiger partial charge in [-0.2, -0.15) is 0 Å². The summed E-state index contributed by atoms with van der Waals surface area (Å²) in [5, 5.41) is 11.8. The number of aromatic nitrogens is 5. The highest BCUT2D eigenvalue weighted by Crippen LogP contribution is 2.23. The van der Waals surface area contributed by atoms with Crippen molar-refractivity contribution in [2.24, 2.45) is 0 Å². The zero-order valence-electron chi connectivity index (χ0n) is 15.3. The van der Waals surface area contributed by atoms with Crippen LogP contribution >= 0.6 is 11.8 Å². The largest absolute Gasteiger partial charge is 0.325 e. The molecule has 0 aliphatic carbocycles. The molecule has 0 saturated carbocycles. The highest BCUT2D eigenvalue weighted by atomic mass is 32.2. The maximum absolute atomic E-state index is 12.4. The van der Waals surface area contributed by atoms with E-state index in [1.165, 1.54) is 11.8 Å². The zero-order valence-corrected chi connectivity index (χ0v) is 16.1. The van der Waals surface area contributed by atoms with E-state index in [0.29, 0.717) is 21.9 Å². The molecule has 0 fully saturated rings. The normalized spacial score (nSPS) is 11.1. The Morgan fingerprint density at radius 1 is 1.11 bits per heavy atom. The predicted molar refractivity (Wildman–Crippen MR) is 109 cm³/mol. The summed E-state index contributed by atoms with van der Waals surface area (Å²) in [5.74, 6) is 0.778. The van der Waals surface area contributed by atoms with Crippen molar-refractivity contribution >= 4 is 34.4 Å². The number of anilines is 1. The van der Waals surface area contributed by atoms with Crippen molar-refractivity contribution < 1.29 is 4.79 Å². The van der Waals surface area contributed by atoms with E-state index >= 15 is 0 Å². The minimum absolute atomic E-state index is 0.168. The standard InChI is InChI=1S/C19H18N6O2S/c1-11-4-3-5-14(8-11)25-12(2)23-24-19(25)28-10-17(26)20-13-6-7-15-16(9-13)22-18(27)21-15/h3-9H,10H2,1-2H3,(H,20,26)(H2,21,22,27). The van der Waals surface area contributed by atoms with Gasteiger partial charge in [0.25, 0.3) is 0 Å². The Kier molecular flexibility index (Phi) is 4.74. The highest BCUT2D eigenvalue weighted by molar-refractivity contribution is 7.99. The third-order valence-electron chi connectivity index (χ3n) is 4.19. The number of aromatic amines is 2. The van der Waals surface area contributed by atoms with E-state index in [2.05, 4.69) is 25.5 Å². The van der Waals surface area contributed by atoms with Crippen molar-refractivity contribution in [3.63, 3.8) is 0 Å². The molecule has 0 saturated heterocycles. The first-order valence-electron chi connectivity index (χ1n) is 8.63. The fourth-order valence-electron chi connectivity index (χ4n) is 2.94. The van der Waals surface area contributed by atoms with Gasteiger partial charge in [0.1, 0.15) is 5.82 Å². The summed E-state index contributed by atoms with van der Waals surface area (Å²) in [5.41, 5.74) is 3.78. The summed E-state index contributed by atoms with van der Waals surface area (Å²) >= 11 is 1.32. The first kappa shape index (κ1) is 18.1. The van der Waals surface area contributed by atoms with Crippen LogP contribution in [0, 0.1) is 13.8 Å². The molecule has 2 aromatic carbocycles. The minimum atomic E-state index is -0.278. The van der Waals surface area contributed by atoms with Crippen molar-refractivity contribution in [2.45, 2.75) is 19.0 Å². The van der Waals surface area contributed by atoms with E-state index in [1.807, 2.05) is 42.7 Å². The SMILES string of the molecule is Cc1cccc(-n2c(C)nnc2SCC(=O)Nc2ccc3[nH]c(=O)[nH]c3c2)c1. The smallest absolute Gasteiger partial charge is 0.323 e. The number of hydrogen-bond acceptors (Lipinski definition) is 5. The van der Waals surface area contributed by atoms with E-state index in [9.17, 15) is 9.59 Å². The molecule has 0 aliphatic heterocycles. The van der Waals surface area contributed by atoms with Crippen molar-refractivity contribution in [3.8, 4) is 5.69 Å². The zero-order chi connectivity index (χ0) is 19.7. The second kappa shape index (κ2) is 7.35. The van der Waals surface area contributed by atoms with Gasteiger partial charge in [0.05, 0.1) is 16.8 Å². The summed E-state index contributed by atoms with van der Waals surface area (Å²) in [7, 11) is 0. The van der Waals surface area contributed by atoms with Crippen LogP contribution in [0.5, 0.6) is 0 Å². The minimum Gasteiger partial charge on any atom is -0.325 e. The number of rotatable bonds is 5. The second-order valence-corrected chi connectivity index (χ2v) is 7.32. The van der Waals surface area contributed by atoms with Crippen LogP contribution in [0.2, 0.25) is 0 Å². The van der Waals surface area contributed by atoms with Crippen LogP contribution in [0.25, 0.3) is 16.7 Å². The number of hydrogen-bond donors (Lipinski definition) is 3. The number of amides is 1. The van der Waals surface area contributed by atoms with E-state index in [1.54, 1.807) is 18.2 Å². The van der Waals surface area contributed by atoms with Crippen LogP contribution in [0.4, 0.5) is 5.69 Å². The van der Waals surface area contributed by atoms with Gasteiger partial charge in [0, 0.05) is 11.4 Å². The van der Waals surface area contributed by atoms with E-state index < -0.39 is 0 Å². The molecule has 2 aromatic heterocycles. The number of carbonyl (C=O) groups excluding carboxylic acids is 1. The Bertz CT molecular complexity index is 1220. The second-order valence-electron chi connectivity index (χ2n) is 6.38. The Morgan fingerprint density at radius 2 is 1.93 bits per heavy atom. The lowest BCUT2D eigenvalue weighted by Crippen LogP contribution is -2.14. The molecule has 0 spiro atoms. The van der Waals surface area contributed by atoms with E-state index in [-0.39, 0.29) is 17.3 Å². The van der Waals surface area contributed by atoms with Crippen LogP contribution in [-0.2, 0) is 4.79 Å². The van der Waals surface area contributed by atoms with Gasteiger partial charge in [0.2, 0.25) is 5.91 Å². The summed E-state index contributed by atoms with van der Waals surface area (Å²) < 4.78 is 1.93. The molecule has 0 bridgehead atoms.